The van der Waals surface area contributed by atoms with Gasteiger partial charge < -0.3 is 4.57 Å². The largest absolute Gasteiger partial charge is 0.341 e. The fourth-order valence-corrected chi connectivity index (χ4v) is 2.10. The Balaban J connectivity index is 3.01. The third-order valence-electron chi connectivity index (χ3n) is 2.84. The number of hydrogen-bond donors (Lipinski definition) is 0. The molecule has 0 spiro atoms. The average molecular weight is 187 g/mol. The first kappa shape index (κ1) is 9.00. The van der Waals surface area contributed by atoms with Crippen LogP contribution in [0, 0.1) is 13.8 Å². The molecule has 0 unspecified atom stereocenters. The first-order valence-electron chi connectivity index (χ1n) is 4.66. The summed E-state index contributed by atoms with van der Waals surface area (Å²) in [4.78, 5) is 10.9. The standard InChI is InChI=1S/C12H13NO/c1-8-5-4-6-10-12(8)9(2)11(7-14)13(10)3/h4-7H,1-3H3. The Morgan fingerprint density at radius 2 is 2.00 bits per heavy atom. The summed E-state index contributed by atoms with van der Waals surface area (Å²) in [6.45, 7) is 4.07. The molecule has 0 saturated heterocycles. The molecule has 0 aliphatic heterocycles. The van der Waals surface area contributed by atoms with Crippen LogP contribution in [-0.4, -0.2) is 10.9 Å². The molecule has 0 radical (unpaired) electrons. The third kappa shape index (κ3) is 1.00. The zero-order valence-corrected chi connectivity index (χ0v) is 8.66. The number of rotatable bonds is 1. The normalized spacial score (nSPS) is 10.8. The monoisotopic (exact) mass is 187 g/mol. The molecule has 0 saturated carbocycles. The molecule has 72 valence electrons. The Morgan fingerprint density at radius 3 is 2.57 bits per heavy atom. The lowest BCUT2D eigenvalue weighted by atomic mass is 10.1. The van der Waals surface area contributed by atoms with Gasteiger partial charge in [0.1, 0.15) is 0 Å². The Bertz CT molecular complexity index is 509. The molecule has 2 nitrogen and oxygen atoms in total. The lowest BCUT2D eigenvalue weighted by Gasteiger charge is -1.98. The highest BCUT2D eigenvalue weighted by Gasteiger charge is 2.11. The van der Waals surface area contributed by atoms with E-state index in [1.807, 2.05) is 30.7 Å². The minimum atomic E-state index is 0.773. The van der Waals surface area contributed by atoms with E-state index in [0.717, 1.165) is 23.1 Å². The third-order valence-corrected chi connectivity index (χ3v) is 2.84. The van der Waals surface area contributed by atoms with E-state index in [-0.39, 0.29) is 0 Å². The molecule has 0 atom stereocenters. The topological polar surface area (TPSA) is 22.0 Å². The van der Waals surface area contributed by atoms with Crippen molar-refractivity contribution in [2.45, 2.75) is 13.8 Å². The van der Waals surface area contributed by atoms with Crippen LogP contribution in [0.3, 0.4) is 0 Å². The Morgan fingerprint density at radius 1 is 1.29 bits per heavy atom. The van der Waals surface area contributed by atoms with E-state index < -0.39 is 0 Å². The highest BCUT2D eigenvalue weighted by atomic mass is 16.1. The first-order chi connectivity index (χ1) is 6.66. The summed E-state index contributed by atoms with van der Waals surface area (Å²) in [5, 5.41) is 1.21. The van der Waals surface area contributed by atoms with E-state index in [1.54, 1.807) is 0 Å². The van der Waals surface area contributed by atoms with Crippen molar-refractivity contribution in [2.75, 3.05) is 0 Å². The Hall–Kier alpha value is -1.57. The van der Waals surface area contributed by atoms with Crippen molar-refractivity contribution in [3.8, 4) is 0 Å². The van der Waals surface area contributed by atoms with Gasteiger partial charge in [-0.25, -0.2) is 0 Å². The van der Waals surface area contributed by atoms with E-state index in [9.17, 15) is 4.79 Å². The highest BCUT2D eigenvalue weighted by Crippen LogP contribution is 2.26. The molecule has 0 bridgehead atoms. The van der Waals surface area contributed by atoms with Crippen LogP contribution in [0.15, 0.2) is 18.2 Å². The summed E-state index contributed by atoms with van der Waals surface area (Å²) in [6.07, 6.45) is 0.925. The number of hydrogen-bond acceptors (Lipinski definition) is 1. The second-order valence-electron chi connectivity index (χ2n) is 3.66. The number of carbonyl (C=O) groups excluding carboxylic acids is 1. The number of carbonyl (C=O) groups is 1. The molecule has 1 aromatic carbocycles. The zero-order valence-electron chi connectivity index (χ0n) is 8.66. The Kier molecular flexibility index (Phi) is 1.92. The smallest absolute Gasteiger partial charge is 0.166 e. The minimum absolute atomic E-state index is 0.773. The quantitative estimate of drug-likeness (QED) is 0.629. The van der Waals surface area contributed by atoms with Gasteiger partial charge in [-0.15, -0.1) is 0 Å². The lowest BCUT2D eigenvalue weighted by molar-refractivity contribution is 0.111. The number of aldehydes is 1. The molecule has 14 heavy (non-hydrogen) atoms. The van der Waals surface area contributed by atoms with Crippen LogP contribution in [0.5, 0.6) is 0 Å². The molecule has 2 rings (SSSR count). The summed E-state index contributed by atoms with van der Waals surface area (Å²) in [7, 11) is 1.93. The maximum atomic E-state index is 10.9. The van der Waals surface area contributed by atoms with E-state index in [1.165, 1.54) is 10.9 Å². The second kappa shape index (κ2) is 2.98. The average Bonchev–Trinajstić information content (AvgIpc) is 2.41. The van der Waals surface area contributed by atoms with Crippen molar-refractivity contribution in [1.82, 2.24) is 4.57 Å². The van der Waals surface area contributed by atoms with E-state index in [4.69, 9.17) is 0 Å². The van der Waals surface area contributed by atoms with Gasteiger partial charge in [-0.05, 0) is 31.0 Å². The fourth-order valence-electron chi connectivity index (χ4n) is 2.10. The first-order valence-corrected chi connectivity index (χ1v) is 4.66. The van der Waals surface area contributed by atoms with Gasteiger partial charge in [0.2, 0.25) is 0 Å². The van der Waals surface area contributed by atoms with Crippen molar-refractivity contribution in [1.29, 1.82) is 0 Å². The predicted molar refractivity (Wildman–Crippen MR) is 57.8 cm³/mol. The fraction of sp³-hybridized carbons (Fsp3) is 0.250. The van der Waals surface area contributed by atoms with Crippen molar-refractivity contribution in [3.05, 3.63) is 35.0 Å². The SMILES string of the molecule is Cc1cccc2c1c(C)c(C=O)n2C. The number of fused-ring (bicyclic) bond motifs is 1. The molecule has 1 heterocycles. The van der Waals surface area contributed by atoms with Crippen molar-refractivity contribution >= 4 is 17.2 Å². The van der Waals surface area contributed by atoms with Crippen LogP contribution in [-0.2, 0) is 7.05 Å². The highest BCUT2D eigenvalue weighted by molar-refractivity contribution is 5.94. The minimum Gasteiger partial charge on any atom is -0.341 e. The van der Waals surface area contributed by atoms with Crippen LogP contribution in [0.4, 0.5) is 0 Å². The van der Waals surface area contributed by atoms with E-state index >= 15 is 0 Å². The van der Waals surface area contributed by atoms with E-state index in [0.29, 0.717) is 0 Å². The van der Waals surface area contributed by atoms with Gasteiger partial charge >= 0.3 is 0 Å². The number of nitrogens with zero attached hydrogens (tertiary/aromatic N) is 1. The van der Waals surface area contributed by atoms with Gasteiger partial charge in [0.15, 0.2) is 6.29 Å². The van der Waals surface area contributed by atoms with Crippen LogP contribution in [0.1, 0.15) is 21.6 Å². The summed E-state index contributed by atoms with van der Waals surface area (Å²) >= 11 is 0. The molecule has 0 N–H and O–H groups in total. The molecule has 0 fully saturated rings. The molecule has 0 amide bonds. The van der Waals surface area contributed by atoms with Crippen LogP contribution >= 0.6 is 0 Å². The summed E-state index contributed by atoms with van der Waals surface area (Å²) in [5.74, 6) is 0. The molecule has 2 aromatic rings. The van der Waals surface area contributed by atoms with Gasteiger partial charge in [-0.2, -0.15) is 0 Å². The summed E-state index contributed by atoms with van der Waals surface area (Å²) in [5.41, 5.74) is 4.21. The summed E-state index contributed by atoms with van der Waals surface area (Å²) in [6, 6.07) is 6.14. The molecule has 0 aliphatic rings. The van der Waals surface area contributed by atoms with Crippen molar-refractivity contribution < 1.29 is 4.79 Å². The predicted octanol–water partition coefficient (Wildman–Crippen LogP) is 2.61. The molecular formula is C12H13NO. The molecule has 1 aromatic heterocycles. The van der Waals surface area contributed by atoms with Gasteiger partial charge in [0, 0.05) is 18.0 Å². The Labute approximate surface area is 83.2 Å². The van der Waals surface area contributed by atoms with Gasteiger partial charge in [0.25, 0.3) is 0 Å². The van der Waals surface area contributed by atoms with Gasteiger partial charge in [-0.1, -0.05) is 12.1 Å². The van der Waals surface area contributed by atoms with Gasteiger partial charge in [-0.3, -0.25) is 4.79 Å². The van der Waals surface area contributed by atoms with Crippen molar-refractivity contribution in [3.63, 3.8) is 0 Å². The second-order valence-corrected chi connectivity index (χ2v) is 3.66. The van der Waals surface area contributed by atoms with Crippen molar-refractivity contribution in [2.24, 2.45) is 7.05 Å². The van der Waals surface area contributed by atoms with E-state index in [2.05, 4.69) is 13.0 Å². The van der Waals surface area contributed by atoms with Crippen LogP contribution in [0.25, 0.3) is 10.9 Å². The lowest BCUT2D eigenvalue weighted by Crippen LogP contribution is -1.94. The maximum Gasteiger partial charge on any atom is 0.166 e. The molecule has 0 aliphatic carbocycles. The maximum absolute atomic E-state index is 10.9. The van der Waals surface area contributed by atoms with Crippen LogP contribution in [0.2, 0.25) is 0 Å². The number of aromatic nitrogens is 1. The van der Waals surface area contributed by atoms with Gasteiger partial charge in [0.05, 0.1) is 5.69 Å². The molecular weight excluding hydrogens is 174 g/mol. The molecule has 2 heteroatoms. The number of aryl methyl sites for hydroxylation is 3. The summed E-state index contributed by atoms with van der Waals surface area (Å²) < 4.78 is 1.95. The zero-order chi connectivity index (χ0) is 10.3. The van der Waals surface area contributed by atoms with Crippen LogP contribution < -0.4 is 0 Å². The number of benzene rings is 1.